The van der Waals surface area contributed by atoms with Gasteiger partial charge in [0.1, 0.15) is 11.4 Å². The van der Waals surface area contributed by atoms with E-state index >= 15 is 0 Å². The molecule has 0 aliphatic rings. The number of thiazole rings is 1. The number of nitrogens with zero attached hydrogens (tertiary/aromatic N) is 3. The Morgan fingerprint density at radius 1 is 1.33 bits per heavy atom. The summed E-state index contributed by atoms with van der Waals surface area (Å²) in [4.78, 5) is 8.36. The molecule has 0 saturated heterocycles. The van der Waals surface area contributed by atoms with Crippen LogP contribution in [0.25, 0.3) is 23.0 Å². The van der Waals surface area contributed by atoms with E-state index in [1.165, 1.54) is 11.3 Å². The van der Waals surface area contributed by atoms with Gasteiger partial charge in [0, 0.05) is 10.9 Å². The van der Waals surface area contributed by atoms with Crippen LogP contribution in [0.15, 0.2) is 33.6 Å². The lowest BCUT2D eigenvalue weighted by Crippen LogP contribution is -1.82. The van der Waals surface area contributed by atoms with Crippen LogP contribution in [0.3, 0.4) is 0 Å². The first kappa shape index (κ1) is 10.9. The van der Waals surface area contributed by atoms with Gasteiger partial charge in [-0.1, -0.05) is 11.2 Å². The third kappa shape index (κ3) is 1.86. The van der Waals surface area contributed by atoms with Crippen LogP contribution in [-0.4, -0.2) is 20.2 Å². The largest absolute Gasteiger partial charge is 0.508 e. The zero-order valence-electron chi connectivity index (χ0n) is 9.49. The number of aryl methyl sites for hydroxylation is 1. The van der Waals surface area contributed by atoms with Crippen molar-refractivity contribution in [1.82, 2.24) is 15.1 Å². The van der Waals surface area contributed by atoms with Crippen LogP contribution in [0.5, 0.6) is 5.75 Å². The van der Waals surface area contributed by atoms with Crippen molar-refractivity contribution in [3.63, 3.8) is 0 Å². The Balaban J connectivity index is 2.00. The summed E-state index contributed by atoms with van der Waals surface area (Å²) < 4.78 is 5.16. The van der Waals surface area contributed by atoms with Crippen LogP contribution in [0.1, 0.15) is 5.56 Å². The molecule has 90 valence electrons. The number of benzene rings is 1. The van der Waals surface area contributed by atoms with Gasteiger partial charge >= 0.3 is 0 Å². The lowest BCUT2D eigenvalue weighted by Gasteiger charge is -1.99. The lowest BCUT2D eigenvalue weighted by atomic mass is 10.1. The average Bonchev–Trinajstić information content (AvgIpc) is 3.01. The molecule has 0 aliphatic carbocycles. The zero-order chi connectivity index (χ0) is 12.5. The molecular weight excluding hydrogens is 250 g/mol. The van der Waals surface area contributed by atoms with Crippen molar-refractivity contribution in [2.75, 3.05) is 0 Å². The third-order valence-corrected chi connectivity index (χ3v) is 3.13. The SMILES string of the molecule is Cc1ccc(-c2nc(-c3cscn3)no2)cc1O. The van der Waals surface area contributed by atoms with E-state index in [0.29, 0.717) is 23.0 Å². The minimum atomic E-state index is 0.209. The van der Waals surface area contributed by atoms with E-state index in [1.54, 1.807) is 17.6 Å². The normalized spacial score (nSPS) is 10.7. The fourth-order valence-electron chi connectivity index (χ4n) is 1.51. The summed E-state index contributed by atoms with van der Waals surface area (Å²) in [6, 6.07) is 5.23. The van der Waals surface area contributed by atoms with Gasteiger partial charge in [-0.3, -0.25) is 0 Å². The second-order valence-corrected chi connectivity index (χ2v) is 4.52. The second-order valence-electron chi connectivity index (χ2n) is 3.80. The molecule has 1 N–H and O–H groups in total. The van der Waals surface area contributed by atoms with Crippen molar-refractivity contribution in [3.05, 3.63) is 34.7 Å². The molecule has 0 fully saturated rings. The highest BCUT2D eigenvalue weighted by molar-refractivity contribution is 7.07. The van der Waals surface area contributed by atoms with Crippen LogP contribution < -0.4 is 0 Å². The van der Waals surface area contributed by atoms with Crippen LogP contribution in [0.2, 0.25) is 0 Å². The van der Waals surface area contributed by atoms with Gasteiger partial charge < -0.3 is 9.63 Å². The summed E-state index contributed by atoms with van der Waals surface area (Å²) >= 11 is 1.47. The highest BCUT2D eigenvalue weighted by Gasteiger charge is 2.12. The summed E-state index contributed by atoms with van der Waals surface area (Å²) in [5.74, 6) is 1.03. The Morgan fingerprint density at radius 3 is 2.94 bits per heavy atom. The van der Waals surface area contributed by atoms with Crippen molar-refractivity contribution >= 4 is 11.3 Å². The van der Waals surface area contributed by atoms with E-state index in [2.05, 4.69) is 15.1 Å². The molecule has 0 bridgehead atoms. The minimum absolute atomic E-state index is 0.209. The monoisotopic (exact) mass is 259 g/mol. The Kier molecular flexibility index (Phi) is 2.56. The number of phenols is 1. The molecule has 0 saturated carbocycles. The fourth-order valence-corrected chi connectivity index (χ4v) is 2.04. The minimum Gasteiger partial charge on any atom is -0.508 e. The van der Waals surface area contributed by atoms with Crippen molar-refractivity contribution in [1.29, 1.82) is 0 Å². The van der Waals surface area contributed by atoms with E-state index in [9.17, 15) is 5.11 Å². The molecule has 0 atom stereocenters. The predicted octanol–water partition coefficient (Wildman–Crippen LogP) is 2.87. The molecule has 2 heterocycles. The van der Waals surface area contributed by atoms with E-state index in [1.807, 2.05) is 18.4 Å². The molecule has 5 nitrogen and oxygen atoms in total. The van der Waals surface area contributed by atoms with Crippen LogP contribution in [0.4, 0.5) is 0 Å². The van der Waals surface area contributed by atoms with Crippen molar-refractivity contribution in [2.45, 2.75) is 6.92 Å². The van der Waals surface area contributed by atoms with Crippen molar-refractivity contribution < 1.29 is 9.63 Å². The Morgan fingerprint density at radius 2 is 2.22 bits per heavy atom. The first-order chi connectivity index (χ1) is 8.74. The Labute approximate surface area is 107 Å². The molecule has 1 aromatic carbocycles. The highest BCUT2D eigenvalue weighted by atomic mass is 32.1. The van der Waals surface area contributed by atoms with Gasteiger partial charge in [0.25, 0.3) is 5.89 Å². The zero-order valence-corrected chi connectivity index (χ0v) is 10.3. The molecule has 0 unspecified atom stereocenters. The van der Waals surface area contributed by atoms with Crippen LogP contribution >= 0.6 is 11.3 Å². The molecule has 2 aromatic heterocycles. The van der Waals surface area contributed by atoms with Crippen LogP contribution in [0, 0.1) is 6.92 Å². The molecule has 3 rings (SSSR count). The van der Waals surface area contributed by atoms with Gasteiger partial charge in [-0.2, -0.15) is 4.98 Å². The first-order valence-electron chi connectivity index (χ1n) is 5.26. The molecule has 0 aliphatic heterocycles. The molecule has 0 spiro atoms. The van der Waals surface area contributed by atoms with E-state index in [-0.39, 0.29) is 5.75 Å². The maximum atomic E-state index is 9.65. The maximum Gasteiger partial charge on any atom is 0.258 e. The molecule has 18 heavy (non-hydrogen) atoms. The Hall–Kier alpha value is -2.21. The summed E-state index contributed by atoms with van der Waals surface area (Å²) in [5, 5.41) is 15.4. The predicted molar refractivity (Wildman–Crippen MR) is 67.2 cm³/mol. The molecule has 0 amide bonds. The number of aromatic nitrogens is 3. The van der Waals surface area contributed by atoms with Crippen molar-refractivity contribution in [2.24, 2.45) is 0 Å². The highest BCUT2D eigenvalue weighted by Crippen LogP contribution is 2.26. The van der Waals surface area contributed by atoms with E-state index in [4.69, 9.17) is 4.52 Å². The molecule has 3 aromatic rings. The van der Waals surface area contributed by atoms with Gasteiger partial charge in [-0.15, -0.1) is 11.3 Å². The standard InChI is InChI=1S/C12H9N3O2S/c1-7-2-3-8(4-10(7)16)12-14-11(15-17-12)9-5-18-6-13-9/h2-6,16H,1H3. The smallest absolute Gasteiger partial charge is 0.258 e. The maximum absolute atomic E-state index is 9.65. The third-order valence-electron chi connectivity index (χ3n) is 2.54. The second kappa shape index (κ2) is 4.23. The number of rotatable bonds is 2. The molecule has 6 heteroatoms. The van der Waals surface area contributed by atoms with E-state index < -0.39 is 0 Å². The topological polar surface area (TPSA) is 72.0 Å². The summed E-state index contributed by atoms with van der Waals surface area (Å²) in [7, 11) is 0. The van der Waals surface area contributed by atoms with Gasteiger partial charge in [-0.05, 0) is 24.6 Å². The van der Waals surface area contributed by atoms with Gasteiger partial charge in [0.2, 0.25) is 5.82 Å². The van der Waals surface area contributed by atoms with E-state index in [0.717, 1.165) is 5.56 Å². The molecule has 0 radical (unpaired) electrons. The van der Waals surface area contributed by atoms with Gasteiger partial charge in [0.15, 0.2) is 0 Å². The van der Waals surface area contributed by atoms with Gasteiger partial charge in [-0.25, -0.2) is 4.98 Å². The summed E-state index contributed by atoms with van der Waals surface area (Å²) in [5.41, 5.74) is 3.89. The first-order valence-corrected chi connectivity index (χ1v) is 6.20. The fraction of sp³-hybridized carbons (Fsp3) is 0.0833. The average molecular weight is 259 g/mol. The lowest BCUT2D eigenvalue weighted by molar-refractivity contribution is 0.431. The quantitative estimate of drug-likeness (QED) is 0.766. The Bertz CT molecular complexity index is 676. The summed E-state index contributed by atoms with van der Waals surface area (Å²) in [6.07, 6.45) is 0. The molecular formula is C12H9N3O2S. The number of hydrogen-bond donors (Lipinski definition) is 1. The number of aromatic hydroxyl groups is 1. The van der Waals surface area contributed by atoms with Crippen molar-refractivity contribution in [3.8, 4) is 28.7 Å². The van der Waals surface area contributed by atoms with Gasteiger partial charge in [0.05, 0.1) is 5.51 Å². The summed E-state index contributed by atoms with van der Waals surface area (Å²) in [6.45, 7) is 1.83. The van der Waals surface area contributed by atoms with Crippen LogP contribution in [-0.2, 0) is 0 Å². The number of hydrogen-bond acceptors (Lipinski definition) is 6. The number of phenolic OH excluding ortho intramolecular Hbond substituents is 1.